The van der Waals surface area contributed by atoms with Crippen molar-refractivity contribution >= 4 is 35.2 Å². The third kappa shape index (κ3) is 2.99. The highest BCUT2D eigenvalue weighted by atomic mass is 32.1. The van der Waals surface area contributed by atoms with Crippen molar-refractivity contribution in [1.29, 1.82) is 0 Å². The lowest BCUT2D eigenvalue weighted by Crippen LogP contribution is -2.53. The van der Waals surface area contributed by atoms with Gasteiger partial charge in [-0.25, -0.2) is 0 Å². The monoisotopic (exact) mass is 318 g/mol. The van der Waals surface area contributed by atoms with Crippen molar-refractivity contribution in [2.24, 2.45) is 0 Å². The van der Waals surface area contributed by atoms with E-state index in [1.807, 2.05) is 0 Å². The number of hydrogen-bond donors (Lipinski definition) is 2. The van der Waals surface area contributed by atoms with Gasteiger partial charge in [-0.2, -0.15) is 0 Å². The molecule has 1 aromatic carbocycles. The van der Waals surface area contributed by atoms with Crippen LogP contribution in [0.3, 0.4) is 0 Å². The van der Waals surface area contributed by atoms with E-state index in [-0.39, 0.29) is 23.0 Å². The second-order valence-electron chi connectivity index (χ2n) is 4.45. The molecule has 2 rings (SSSR count). The Morgan fingerprint density at radius 1 is 1.45 bits per heavy atom. The lowest BCUT2D eigenvalue weighted by molar-refractivity contribution is -0.128. The lowest BCUT2D eigenvalue weighted by Gasteiger charge is -2.27. The van der Waals surface area contributed by atoms with Gasteiger partial charge in [-0.3, -0.25) is 19.8 Å². The first-order valence-corrected chi connectivity index (χ1v) is 6.75. The van der Waals surface area contributed by atoms with Gasteiger partial charge >= 0.3 is 0 Å². The molecule has 0 atom stereocenters. The first-order valence-electron chi connectivity index (χ1n) is 6.34. The number of amides is 2. The van der Waals surface area contributed by atoms with Crippen molar-refractivity contribution in [3.63, 3.8) is 0 Å². The standard InChI is InChI=1S/C15H14N2O4S/c1-3-6-17-14(20)10(13(19)16-15(17)22)7-9-4-5-12(21-2)11(18)8-9/h3-5,7-8,18H,1,6H2,2H3,(H,16,19,22)/b10-7+. The van der Waals surface area contributed by atoms with Gasteiger partial charge in [0.15, 0.2) is 16.6 Å². The lowest BCUT2D eigenvalue weighted by atomic mass is 10.1. The van der Waals surface area contributed by atoms with Gasteiger partial charge in [-0.15, -0.1) is 6.58 Å². The van der Waals surface area contributed by atoms with Crippen LogP contribution in [0.2, 0.25) is 0 Å². The molecule has 1 heterocycles. The number of methoxy groups -OCH3 is 1. The van der Waals surface area contributed by atoms with Crippen LogP contribution in [-0.2, 0) is 9.59 Å². The van der Waals surface area contributed by atoms with Crippen LogP contribution in [0, 0.1) is 0 Å². The molecule has 0 bridgehead atoms. The number of carbonyl (C=O) groups excluding carboxylic acids is 2. The Balaban J connectivity index is 2.38. The Morgan fingerprint density at radius 2 is 2.18 bits per heavy atom. The molecule has 0 aromatic heterocycles. The summed E-state index contributed by atoms with van der Waals surface area (Å²) < 4.78 is 4.94. The van der Waals surface area contributed by atoms with Crippen molar-refractivity contribution in [3.05, 3.63) is 42.0 Å². The Kier molecular flexibility index (Phi) is 4.57. The van der Waals surface area contributed by atoms with Crippen molar-refractivity contribution in [1.82, 2.24) is 10.2 Å². The summed E-state index contributed by atoms with van der Waals surface area (Å²) in [4.78, 5) is 25.5. The van der Waals surface area contributed by atoms with Crippen molar-refractivity contribution < 1.29 is 19.4 Å². The number of nitrogens with zero attached hydrogens (tertiary/aromatic N) is 1. The zero-order valence-electron chi connectivity index (χ0n) is 11.8. The highest BCUT2D eigenvalue weighted by molar-refractivity contribution is 7.80. The van der Waals surface area contributed by atoms with E-state index in [0.29, 0.717) is 11.3 Å². The van der Waals surface area contributed by atoms with Crippen LogP contribution in [0.5, 0.6) is 11.5 Å². The van der Waals surface area contributed by atoms with E-state index in [1.54, 1.807) is 12.1 Å². The van der Waals surface area contributed by atoms with Crippen LogP contribution in [0.1, 0.15) is 5.56 Å². The molecule has 0 aliphatic carbocycles. The predicted molar refractivity (Wildman–Crippen MR) is 85.3 cm³/mol. The minimum Gasteiger partial charge on any atom is -0.504 e. The van der Waals surface area contributed by atoms with E-state index in [4.69, 9.17) is 17.0 Å². The largest absolute Gasteiger partial charge is 0.504 e. The summed E-state index contributed by atoms with van der Waals surface area (Å²) in [6, 6.07) is 4.56. The van der Waals surface area contributed by atoms with Gasteiger partial charge < -0.3 is 9.84 Å². The maximum atomic E-state index is 12.3. The number of thiocarbonyl (C=S) groups is 1. The third-order valence-electron chi connectivity index (χ3n) is 3.01. The highest BCUT2D eigenvalue weighted by Gasteiger charge is 2.32. The molecule has 1 aromatic rings. The smallest absolute Gasteiger partial charge is 0.265 e. The summed E-state index contributed by atoms with van der Waals surface area (Å²) in [6.07, 6.45) is 2.90. The summed E-state index contributed by atoms with van der Waals surface area (Å²) >= 11 is 4.96. The van der Waals surface area contributed by atoms with Crippen LogP contribution < -0.4 is 10.1 Å². The SMILES string of the molecule is C=CCN1C(=O)/C(=C/c2ccc(OC)c(O)c2)C(=O)NC1=S. The van der Waals surface area contributed by atoms with Gasteiger partial charge in [0.2, 0.25) is 0 Å². The Morgan fingerprint density at radius 3 is 2.77 bits per heavy atom. The maximum Gasteiger partial charge on any atom is 0.265 e. The van der Waals surface area contributed by atoms with Gasteiger partial charge in [0.1, 0.15) is 5.57 Å². The molecule has 0 spiro atoms. The van der Waals surface area contributed by atoms with E-state index >= 15 is 0 Å². The van der Waals surface area contributed by atoms with E-state index in [1.165, 1.54) is 30.2 Å². The van der Waals surface area contributed by atoms with Crippen molar-refractivity contribution in [3.8, 4) is 11.5 Å². The molecule has 0 unspecified atom stereocenters. The summed E-state index contributed by atoms with van der Waals surface area (Å²) in [5.41, 5.74) is 0.420. The molecule has 1 saturated heterocycles. The van der Waals surface area contributed by atoms with Crippen LogP contribution in [0.15, 0.2) is 36.4 Å². The number of carbonyl (C=O) groups is 2. The maximum absolute atomic E-state index is 12.3. The number of benzene rings is 1. The van der Waals surface area contributed by atoms with E-state index in [2.05, 4.69) is 11.9 Å². The van der Waals surface area contributed by atoms with Crippen LogP contribution in [0.4, 0.5) is 0 Å². The molecule has 6 nitrogen and oxygen atoms in total. The molecule has 0 saturated carbocycles. The highest BCUT2D eigenvalue weighted by Crippen LogP contribution is 2.27. The Hall–Kier alpha value is -2.67. The number of aromatic hydroxyl groups is 1. The quantitative estimate of drug-likeness (QED) is 0.378. The fraction of sp³-hybridized carbons (Fsp3) is 0.133. The molecule has 114 valence electrons. The van der Waals surface area contributed by atoms with Crippen LogP contribution >= 0.6 is 12.2 Å². The topological polar surface area (TPSA) is 78.9 Å². The minimum absolute atomic E-state index is 0.0460. The molecule has 1 aliphatic rings. The van der Waals surface area contributed by atoms with Gasteiger partial charge in [-0.05, 0) is 36.0 Å². The molecule has 22 heavy (non-hydrogen) atoms. The van der Waals surface area contributed by atoms with Gasteiger partial charge in [0, 0.05) is 6.54 Å². The molecule has 2 N–H and O–H groups in total. The van der Waals surface area contributed by atoms with E-state index < -0.39 is 11.8 Å². The number of ether oxygens (including phenoxy) is 1. The van der Waals surface area contributed by atoms with Crippen molar-refractivity contribution in [2.75, 3.05) is 13.7 Å². The molecule has 1 aliphatic heterocycles. The Labute approximate surface area is 132 Å². The number of phenols is 1. The first kappa shape index (κ1) is 15.7. The second-order valence-corrected chi connectivity index (χ2v) is 4.84. The molecule has 0 radical (unpaired) electrons. The predicted octanol–water partition coefficient (Wildman–Crippen LogP) is 1.21. The second kappa shape index (κ2) is 6.40. The molecule has 2 amide bonds. The fourth-order valence-electron chi connectivity index (χ4n) is 1.95. The van der Waals surface area contributed by atoms with E-state index in [0.717, 1.165) is 0 Å². The zero-order valence-corrected chi connectivity index (χ0v) is 12.6. The van der Waals surface area contributed by atoms with Gasteiger partial charge in [-0.1, -0.05) is 12.1 Å². The number of hydrogen-bond acceptors (Lipinski definition) is 5. The number of phenolic OH excluding ortho intramolecular Hbond substituents is 1. The van der Waals surface area contributed by atoms with Gasteiger partial charge in [0.25, 0.3) is 11.8 Å². The van der Waals surface area contributed by atoms with Gasteiger partial charge in [0.05, 0.1) is 7.11 Å². The average Bonchev–Trinajstić information content (AvgIpc) is 2.48. The van der Waals surface area contributed by atoms with Crippen LogP contribution in [-0.4, -0.2) is 40.6 Å². The number of rotatable bonds is 4. The fourth-order valence-corrected chi connectivity index (χ4v) is 2.20. The summed E-state index contributed by atoms with van der Waals surface area (Å²) in [6.45, 7) is 3.75. The molecular formula is C15H14N2O4S. The minimum atomic E-state index is -0.578. The molecule has 1 fully saturated rings. The van der Waals surface area contributed by atoms with E-state index in [9.17, 15) is 14.7 Å². The van der Waals surface area contributed by atoms with Crippen molar-refractivity contribution in [2.45, 2.75) is 0 Å². The van der Waals surface area contributed by atoms with Crippen LogP contribution in [0.25, 0.3) is 6.08 Å². The third-order valence-corrected chi connectivity index (χ3v) is 3.33. The molecular weight excluding hydrogens is 304 g/mol. The summed E-state index contributed by atoms with van der Waals surface area (Å²) in [5.74, 6) is -0.871. The Bertz CT molecular complexity index is 697. The number of nitrogens with one attached hydrogen (secondary N) is 1. The summed E-state index contributed by atoms with van der Waals surface area (Å²) in [5, 5.41) is 12.2. The first-order chi connectivity index (χ1) is 10.5. The zero-order chi connectivity index (χ0) is 16.3. The molecule has 7 heteroatoms. The average molecular weight is 318 g/mol. The normalized spacial score (nSPS) is 16.7. The summed E-state index contributed by atoms with van der Waals surface area (Å²) in [7, 11) is 1.43.